The van der Waals surface area contributed by atoms with E-state index in [0.717, 1.165) is 48.9 Å². The third-order valence-electron chi connectivity index (χ3n) is 5.68. The van der Waals surface area contributed by atoms with Crippen molar-refractivity contribution >= 4 is 11.7 Å². The van der Waals surface area contributed by atoms with Crippen molar-refractivity contribution < 1.29 is 4.79 Å². The Kier molecular flexibility index (Phi) is 3.71. The van der Waals surface area contributed by atoms with Crippen LogP contribution in [0.1, 0.15) is 42.5 Å². The monoisotopic (exact) mass is 324 g/mol. The van der Waals surface area contributed by atoms with Crippen molar-refractivity contribution in [3.63, 3.8) is 0 Å². The van der Waals surface area contributed by atoms with Gasteiger partial charge in [0.25, 0.3) is 0 Å². The molecule has 1 saturated carbocycles. The molecule has 24 heavy (non-hydrogen) atoms. The molecule has 0 aromatic carbocycles. The topological polar surface area (TPSA) is 60.2 Å². The Bertz CT molecular complexity index is 719. The van der Waals surface area contributed by atoms with Crippen molar-refractivity contribution in [3.05, 3.63) is 22.9 Å². The SMILES string of the molecule is Cc1cc(C)c(C#N)c(N2C[C@H]3CC[C@@H](C2)N(CC2CC2)C3=O)n1. The number of rotatable bonds is 3. The van der Waals surface area contributed by atoms with Gasteiger partial charge in [-0.05, 0) is 57.1 Å². The summed E-state index contributed by atoms with van der Waals surface area (Å²) in [6.45, 7) is 6.36. The molecule has 2 bridgehead atoms. The second-order valence-electron chi connectivity index (χ2n) is 7.66. The Morgan fingerprint density at radius 2 is 2.04 bits per heavy atom. The number of hydrogen-bond donors (Lipinski definition) is 0. The number of hydrogen-bond acceptors (Lipinski definition) is 4. The quantitative estimate of drug-likeness (QED) is 0.856. The Balaban J connectivity index is 1.67. The predicted octanol–water partition coefficient (Wildman–Crippen LogP) is 2.41. The lowest BCUT2D eigenvalue weighted by molar-refractivity contribution is -0.140. The van der Waals surface area contributed by atoms with Crippen LogP contribution in [0.2, 0.25) is 0 Å². The van der Waals surface area contributed by atoms with Crippen LogP contribution in [0.15, 0.2) is 6.07 Å². The fourth-order valence-corrected chi connectivity index (χ4v) is 4.22. The maximum atomic E-state index is 12.8. The standard InChI is InChI=1S/C19H24N4O/c1-12-7-13(2)21-18(17(12)8-20)22-10-15-5-6-16(11-22)23(19(15)24)9-14-3-4-14/h7,14-16H,3-6,9-11H2,1-2H3/t15-,16+/m1/s1. The number of carbonyl (C=O) groups excluding carboxylic acids is 1. The molecule has 3 saturated heterocycles. The molecule has 1 aliphatic carbocycles. The molecule has 5 rings (SSSR count). The lowest BCUT2D eigenvalue weighted by Crippen LogP contribution is -2.48. The molecule has 0 N–H and O–H groups in total. The number of fused-ring (bicyclic) bond motifs is 4. The normalized spacial score (nSPS) is 26.5. The number of aromatic nitrogens is 1. The van der Waals surface area contributed by atoms with Gasteiger partial charge in [-0.3, -0.25) is 4.79 Å². The number of pyridine rings is 1. The molecule has 2 atom stereocenters. The van der Waals surface area contributed by atoms with Gasteiger partial charge >= 0.3 is 0 Å². The molecule has 1 amide bonds. The highest BCUT2D eigenvalue weighted by Gasteiger charge is 2.43. The molecule has 4 heterocycles. The number of aryl methyl sites for hydroxylation is 2. The number of nitriles is 1. The van der Waals surface area contributed by atoms with Crippen molar-refractivity contribution in [2.45, 2.75) is 45.6 Å². The average Bonchev–Trinajstić information content (AvgIpc) is 3.37. The number of piperidine rings is 1. The fraction of sp³-hybridized carbons (Fsp3) is 0.632. The first kappa shape index (κ1) is 15.4. The number of anilines is 1. The van der Waals surface area contributed by atoms with E-state index in [1.54, 1.807) is 0 Å². The summed E-state index contributed by atoms with van der Waals surface area (Å²) < 4.78 is 0. The Labute approximate surface area is 143 Å². The average molecular weight is 324 g/mol. The molecule has 5 nitrogen and oxygen atoms in total. The van der Waals surface area contributed by atoms with Gasteiger partial charge in [0.15, 0.2) is 0 Å². The van der Waals surface area contributed by atoms with Crippen molar-refractivity contribution in [2.24, 2.45) is 11.8 Å². The van der Waals surface area contributed by atoms with E-state index in [4.69, 9.17) is 0 Å². The zero-order valence-corrected chi connectivity index (χ0v) is 14.5. The molecular formula is C19H24N4O. The molecule has 4 fully saturated rings. The Morgan fingerprint density at radius 3 is 2.75 bits per heavy atom. The maximum Gasteiger partial charge on any atom is 0.227 e. The van der Waals surface area contributed by atoms with Crippen molar-refractivity contribution in [1.29, 1.82) is 5.26 Å². The number of nitrogens with zero attached hydrogens (tertiary/aromatic N) is 4. The Morgan fingerprint density at radius 1 is 1.25 bits per heavy atom. The molecule has 5 heteroatoms. The zero-order chi connectivity index (χ0) is 16.8. The van der Waals surface area contributed by atoms with Gasteiger partial charge in [-0.25, -0.2) is 4.98 Å². The molecule has 0 unspecified atom stereocenters. The van der Waals surface area contributed by atoms with E-state index < -0.39 is 0 Å². The summed E-state index contributed by atoms with van der Waals surface area (Å²) in [5.41, 5.74) is 2.56. The van der Waals surface area contributed by atoms with Crippen LogP contribution in [0, 0.1) is 37.0 Å². The van der Waals surface area contributed by atoms with Crippen molar-refractivity contribution in [2.75, 3.05) is 24.5 Å². The minimum absolute atomic E-state index is 0.0525. The van der Waals surface area contributed by atoms with Crippen LogP contribution in [-0.4, -0.2) is 41.5 Å². The highest BCUT2D eigenvalue weighted by Crippen LogP contribution is 2.37. The highest BCUT2D eigenvalue weighted by molar-refractivity contribution is 5.81. The third-order valence-corrected chi connectivity index (χ3v) is 5.68. The summed E-state index contributed by atoms with van der Waals surface area (Å²) in [7, 11) is 0. The first-order valence-electron chi connectivity index (χ1n) is 9.00. The van der Waals surface area contributed by atoms with Gasteiger partial charge in [0.05, 0.1) is 11.5 Å². The number of amides is 1. The van der Waals surface area contributed by atoms with E-state index in [2.05, 4.69) is 20.9 Å². The summed E-state index contributed by atoms with van der Waals surface area (Å²) in [4.78, 5) is 21.9. The van der Waals surface area contributed by atoms with Gasteiger partial charge in [0, 0.05) is 31.4 Å². The first-order chi connectivity index (χ1) is 11.6. The molecule has 3 aliphatic heterocycles. The third kappa shape index (κ3) is 2.64. The van der Waals surface area contributed by atoms with Crippen LogP contribution in [0.4, 0.5) is 5.82 Å². The largest absolute Gasteiger partial charge is 0.353 e. The predicted molar refractivity (Wildman–Crippen MR) is 91.6 cm³/mol. The molecule has 4 aliphatic rings. The van der Waals surface area contributed by atoms with Gasteiger partial charge in [0.1, 0.15) is 11.9 Å². The molecule has 1 aromatic heterocycles. The summed E-state index contributed by atoms with van der Waals surface area (Å²) >= 11 is 0. The van der Waals surface area contributed by atoms with Gasteiger partial charge in [-0.15, -0.1) is 0 Å². The molecule has 126 valence electrons. The number of carbonyl (C=O) groups is 1. The molecule has 1 aromatic rings. The van der Waals surface area contributed by atoms with Crippen molar-refractivity contribution in [3.8, 4) is 6.07 Å². The van der Waals surface area contributed by atoms with Crippen LogP contribution in [0.25, 0.3) is 0 Å². The van der Waals surface area contributed by atoms with Crippen LogP contribution in [0.3, 0.4) is 0 Å². The smallest absolute Gasteiger partial charge is 0.227 e. The van der Waals surface area contributed by atoms with Gasteiger partial charge in [0.2, 0.25) is 5.91 Å². The molecule has 0 radical (unpaired) electrons. The zero-order valence-electron chi connectivity index (χ0n) is 14.5. The second-order valence-corrected chi connectivity index (χ2v) is 7.66. The lowest BCUT2D eigenvalue weighted by Gasteiger charge is -2.36. The van der Waals surface area contributed by atoms with E-state index in [0.29, 0.717) is 18.0 Å². The van der Waals surface area contributed by atoms with Crippen LogP contribution < -0.4 is 4.90 Å². The first-order valence-corrected chi connectivity index (χ1v) is 9.00. The maximum absolute atomic E-state index is 12.8. The van der Waals surface area contributed by atoms with Crippen LogP contribution in [0.5, 0.6) is 0 Å². The minimum atomic E-state index is 0.0525. The summed E-state index contributed by atoms with van der Waals surface area (Å²) in [5, 5.41) is 9.58. The van der Waals surface area contributed by atoms with Crippen LogP contribution in [-0.2, 0) is 4.79 Å². The summed E-state index contributed by atoms with van der Waals surface area (Å²) in [6.07, 6.45) is 4.57. The van der Waals surface area contributed by atoms with E-state index in [-0.39, 0.29) is 12.0 Å². The fourth-order valence-electron chi connectivity index (χ4n) is 4.22. The van der Waals surface area contributed by atoms with Gasteiger partial charge in [-0.2, -0.15) is 5.26 Å². The van der Waals surface area contributed by atoms with Gasteiger partial charge in [-0.1, -0.05) is 0 Å². The summed E-state index contributed by atoms with van der Waals surface area (Å²) in [6, 6.07) is 4.55. The summed E-state index contributed by atoms with van der Waals surface area (Å²) in [5.74, 6) is 1.86. The van der Waals surface area contributed by atoms with Crippen molar-refractivity contribution in [1.82, 2.24) is 9.88 Å². The highest BCUT2D eigenvalue weighted by atomic mass is 16.2. The van der Waals surface area contributed by atoms with E-state index in [1.807, 2.05) is 19.9 Å². The molecular weight excluding hydrogens is 300 g/mol. The van der Waals surface area contributed by atoms with Crippen LogP contribution >= 0.6 is 0 Å². The lowest BCUT2D eigenvalue weighted by atomic mass is 9.94. The Hall–Kier alpha value is -2.09. The van der Waals surface area contributed by atoms with E-state index in [9.17, 15) is 10.1 Å². The minimum Gasteiger partial charge on any atom is -0.353 e. The van der Waals surface area contributed by atoms with E-state index >= 15 is 0 Å². The molecule has 0 spiro atoms. The van der Waals surface area contributed by atoms with E-state index in [1.165, 1.54) is 12.8 Å². The van der Waals surface area contributed by atoms with Gasteiger partial charge < -0.3 is 9.80 Å². The second kappa shape index (κ2) is 5.77.